The Labute approximate surface area is 219 Å². The lowest BCUT2D eigenvalue weighted by atomic mass is 10.2. The van der Waals surface area contributed by atoms with Crippen molar-refractivity contribution in [1.29, 1.82) is 0 Å². The number of aryl methyl sites for hydroxylation is 3. The van der Waals surface area contributed by atoms with E-state index in [9.17, 15) is 9.59 Å². The molecule has 2 N–H and O–H groups in total. The molecule has 0 aliphatic heterocycles. The number of hydrogen-bond acceptors (Lipinski definition) is 9. The van der Waals surface area contributed by atoms with Gasteiger partial charge in [-0.3, -0.25) is 10.1 Å². The van der Waals surface area contributed by atoms with E-state index >= 15 is 0 Å². The van der Waals surface area contributed by atoms with Crippen molar-refractivity contribution in [2.45, 2.75) is 39.7 Å². The standard InChI is InChI=1S/C25H29ClN6O5/c1-13-10-18(15(3)28-23(13)36-5)29-22-24(33)32(11-20(26)31-22)19(16-6-7-16)12-37-25(34)30-17-8-9-21(35-4)27-14(17)2/h8-11,16,19H,6-7,12H2,1-5H3,(H,29,31)(H,30,34)/t19-/m0/s1. The van der Waals surface area contributed by atoms with E-state index in [1.165, 1.54) is 17.9 Å². The van der Waals surface area contributed by atoms with Gasteiger partial charge in [0.1, 0.15) is 11.8 Å². The van der Waals surface area contributed by atoms with E-state index in [1.54, 1.807) is 33.1 Å². The van der Waals surface area contributed by atoms with Crippen LogP contribution in [0.4, 0.5) is 22.0 Å². The van der Waals surface area contributed by atoms with Gasteiger partial charge in [-0.05, 0) is 51.7 Å². The number of rotatable bonds is 9. The molecule has 3 aromatic heterocycles. The van der Waals surface area contributed by atoms with Crippen molar-refractivity contribution >= 4 is 34.9 Å². The van der Waals surface area contributed by atoms with Crippen LogP contribution in [0.2, 0.25) is 5.15 Å². The number of amides is 1. The number of ether oxygens (including phenoxy) is 3. The quantitative estimate of drug-likeness (QED) is 0.410. The van der Waals surface area contributed by atoms with Gasteiger partial charge in [0, 0.05) is 17.8 Å². The number of methoxy groups -OCH3 is 2. The lowest BCUT2D eigenvalue weighted by Gasteiger charge is -2.21. The lowest BCUT2D eigenvalue weighted by Crippen LogP contribution is -2.32. The maximum atomic E-state index is 13.4. The fraction of sp³-hybridized carbons (Fsp3) is 0.400. The van der Waals surface area contributed by atoms with Gasteiger partial charge in [-0.15, -0.1) is 0 Å². The van der Waals surface area contributed by atoms with Gasteiger partial charge in [0.05, 0.1) is 43.0 Å². The molecule has 0 radical (unpaired) electrons. The van der Waals surface area contributed by atoms with Crippen molar-refractivity contribution in [3.63, 3.8) is 0 Å². The van der Waals surface area contributed by atoms with Gasteiger partial charge in [0.15, 0.2) is 5.82 Å². The molecule has 1 aliphatic rings. The molecule has 11 nitrogen and oxygen atoms in total. The summed E-state index contributed by atoms with van der Waals surface area (Å²) in [4.78, 5) is 38.8. The number of pyridine rings is 2. The fourth-order valence-corrected chi connectivity index (χ4v) is 4.16. The summed E-state index contributed by atoms with van der Waals surface area (Å²) < 4.78 is 17.4. The maximum absolute atomic E-state index is 13.4. The minimum atomic E-state index is -0.650. The first kappa shape index (κ1) is 26.2. The van der Waals surface area contributed by atoms with Gasteiger partial charge in [-0.1, -0.05) is 11.6 Å². The zero-order valence-corrected chi connectivity index (χ0v) is 22.0. The molecule has 1 fully saturated rings. The highest BCUT2D eigenvalue weighted by atomic mass is 35.5. The molecule has 12 heteroatoms. The monoisotopic (exact) mass is 528 g/mol. The maximum Gasteiger partial charge on any atom is 0.411 e. The Morgan fingerprint density at radius 3 is 2.49 bits per heavy atom. The van der Waals surface area contributed by atoms with E-state index in [1.807, 2.05) is 13.0 Å². The fourth-order valence-electron chi connectivity index (χ4n) is 3.97. The van der Waals surface area contributed by atoms with Crippen molar-refractivity contribution in [3.8, 4) is 11.8 Å². The van der Waals surface area contributed by atoms with Gasteiger partial charge in [-0.2, -0.15) is 0 Å². The van der Waals surface area contributed by atoms with E-state index in [0.29, 0.717) is 34.5 Å². The van der Waals surface area contributed by atoms with Crippen LogP contribution in [0.1, 0.15) is 35.8 Å². The minimum absolute atomic E-state index is 0.0129. The lowest BCUT2D eigenvalue weighted by molar-refractivity contribution is 0.135. The van der Waals surface area contributed by atoms with E-state index < -0.39 is 12.1 Å². The van der Waals surface area contributed by atoms with Crippen molar-refractivity contribution < 1.29 is 19.0 Å². The number of carbonyl (C=O) groups excluding carboxylic acids is 1. The Kier molecular flexibility index (Phi) is 7.82. The Morgan fingerprint density at radius 2 is 1.84 bits per heavy atom. The summed E-state index contributed by atoms with van der Waals surface area (Å²) >= 11 is 6.30. The number of halogens is 1. The van der Waals surface area contributed by atoms with Crippen LogP contribution in [0.15, 0.2) is 29.2 Å². The Hall–Kier alpha value is -3.86. The van der Waals surface area contributed by atoms with Gasteiger partial charge in [0.25, 0.3) is 5.56 Å². The molecule has 3 aromatic rings. The van der Waals surface area contributed by atoms with Gasteiger partial charge in [-0.25, -0.2) is 19.7 Å². The number of hydrogen-bond donors (Lipinski definition) is 2. The molecule has 3 heterocycles. The average molecular weight is 529 g/mol. The summed E-state index contributed by atoms with van der Waals surface area (Å²) in [6.45, 7) is 5.39. The van der Waals surface area contributed by atoms with E-state index in [0.717, 1.165) is 18.4 Å². The summed E-state index contributed by atoms with van der Waals surface area (Å²) in [6.07, 6.45) is 2.64. The first-order chi connectivity index (χ1) is 17.7. The largest absolute Gasteiger partial charge is 0.481 e. The number of anilines is 3. The van der Waals surface area contributed by atoms with E-state index in [-0.39, 0.29) is 29.1 Å². The van der Waals surface area contributed by atoms with Gasteiger partial charge < -0.3 is 24.1 Å². The van der Waals surface area contributed by atoms with Crippen molar-refractivity contribution in [2.24, 2.45) is 5.92 Å². The molecule has 0 saturated heterocycles. The summed E-state index contributed by atoms with van der Waals surface area (Å²) in [5.41, 5.74) is 2.75. The van der Waals surface area contributed by atoms with Crippen LogP contribution in [-0.4, -0.2) is 46.4 Å². The summed E-state index contributed by atoms with van der Waals surface area (Å²) in [5, 5.41) is 5.87. The van der Waals surface area contributed by atoms with E-state index in [2.05, 4.69) is 25.6 Å². The smallest absolute Gasteiger partial charge is 0.411 e. The number of nitrogens with zero attached hydrogens (tertiary/aromatic N) is 4. The molecule has 196 valence electrons. The minimum Gasteiger partial charge on any atom is -0.481 e. The highest BCUT2D eigenvalue weighted by molar-refractivity contribution is 6.29. The average Bonchev–Trinajstić information content (AvgIpc) is 3.70. The SMILES string of the molecule is COc1ccc(NC(=O)OC[C@@H](C2CC2)n2cc(Cl)nc(Nc3cc(C)c(OC)nc3C)c2=O)c(C)n1. The molecule has 0 aromatic carbocycles. The van der Waals surface area contributed by atoms with Crippen LogP contribution in [0, 0.1) is 26.7 Å². The predicted octanol–water partition coefficient (Wildman–Crippen LogP) is 4.57. The molecule has 37 heavy (non-hydrogen) atoms. The molecule has 0 bridgehead atoms. The second-order valence-electron chi connectivity index (χ2n) is 8.81. The molecule has 1 saturated carbocycles. The topological polar surface area (TPSA) is 129 Å². The summed E-state index contributed by atoms with van der Waals surface area (Å²) in [6, 6.07) is 4.76. The van der Waals surface area contributed by atoms with E-state index in [4.69, 9.17) is 25.8 Å². The number of aromatic nitrogens is 4. The van der Waals surface area contributed by atoms with Gasteiger partial charge >= 0.3 is 6.09 Å². The van der Waals surface area contributed by atoms with Crippen LogP contribution in [0.3, 0.4) is 0 Å². The molecular weight excluding hydrogens is 500 g/mol. The highest BCUT2D eigenvalue weighted by Crippen LogP contribution is 2.40. The third-order valence-corrected chi connectivity index (χ3v) is 6.30. The summed E-state index contributed by atoms with van der Waals surface area (Å²) in [5.74, 6) is 1.17. The Balaban J connectivity index is 1.53. The molecular formula is C25H29ClN6O5. The highest BCUT2D eigenvalue weighted by Gasteiger charge is 2.35. The van der Waals surface area contributed by atoms with Crippen LogP contribution in [0.5, 0.6) is 11.8 Å². The predicted molar refractivity (Wildman–Crippen MR) is 139 cm³/mol. The van der Waals surface area contributed by atoms with Crippen LogP contribution in [0.25, 0.3) is 0 Å². The molecule has 1 aliphatic carbocycles. The molecule has 0 spiro atoms. The third-order valence-electron chi connectivity index (χ3n) is 6.12. The number of carbonyl (C=O) groups is 1. The Bertz CT molecular complexity index is 1370. The molecule has 1 amide bonds. The summed E-state index contributed by atoms with van der Waals surface area (Å²) in [7, 11) is 3.07. The zero-order chi connectivity index (χ0) is 26.7. The van der Waals surface area contributed by atoms with Crippen molar-refractivity contribution in [1.82, 2.24) is 19.5 Å². The van der Waals surface area contributed by atoms with Crippen LogP contribution >= 0.6 is 11.6 Å². The van der Waals surface area contributed by atoms with Crippen LogP contribution < -0.4 is 25.7 Å². The third kappa shape index (κ3) is 6.11. The zero-order valence-electron chi connectivity index (χ0n) is 21.3. The molecule has 4 rings (SSSR count). The number of nitrogens with one attached hydrogen (secondary N) is 2. The van der Waals surface area contributed by atoms with Crippen LogP contribution in [-0.2, 0) is 4.74 Å². The second kappa shape index (κ2) is 11.0. The normalized spacial score (nSPS) is 13.6. The van der Waals surface area contributed by atoms with Gasteiger partial charge in [0.2, 0.25) is 11.8 Å². The molecule has 1 atom stereocenters. The van der Waals surface area contributed by atoms with Crippen molar-refractivity contribution in [2.75, 3.05) is 31.5 Å². The molecule has 0 unspecified atom stereocenters. The second-order valence-corrected chi connectivity index (χ2v) is 9.20. The Morgan fingerprint density at radius 1 is 1.11 bits per heavy atom. The first-order valence-electron chi connectivity index (χ1n) is 11.7. The van der Waals surface area contributed by atoms with Crippen molar-refractivity contribution in [3.05, 3.63) is 56.9 Å². The first-order valence-corrected chi connectivity index (χ1v) is 12.1.